The minimum Gasteiger partial charge on any atom is -0.325 e. The number of rotatable bonds is 4. The van der Waals surface area contributed by atoms with Gasteiger partial charge in [0, 0.05) is 17.6 Å². The van der Waals surface area contributed by atoms with Crippen LogP contribution >= 0.6 is 23.4 Å². The fourth-order valence-electron chi connectivity index (χ4n) is 2.34. The summed E-state index contributed by atoms with van der Waals surface area (Å²) in [4.78, 5) is 37.8. The Labute approximate surface area is 148 Å². The monoisotopic (exact) mass is 360 g/mol. The van der Waals surface area contributed by atoms with Crippen LogP contribution in [-0.2, 0) is 4.79 Å². The van der Waals surface area contributed by atoms with Gasteiger partial charge in [0.15, 0.2) is 0 Å². The predicted molar refractivity (Wildman–Crippen MR) is 93.7 cm³/mol. The molecule has 0 bridgehead atoms. The van der Waals surface area contributed by atoms with Crippen molar-refractivity contribution in [3.8, 4) is 0 Å². The highest BCUT2D eigenvalue weighted by Crippen LogP contribution is 2.27. The maximum atomic E-state index is 12.1. The Hall–Kier alpha value is -2.31. The second kappa shape index (κ2) is 6.67. The molecule has 0 aliphatic carbocycles. The Morgan fingerprint density at radius 1 is 1.12 bits per heavy atom. The minimum absolute atomic E-state index is 0.188. The van der Waals surface area contributed by atoms with E-state index >= 15 is 0 Å². The number of fused-ring (bicyclic) bond motifs is 1. The van der Waals surface area contributed by atoms with E-state index in [9.17, 15) is 14.4 Å². The molecule has 0 saturated carbocycles. The molecule has 0 fully saturated rings. The van der Waals surface area contributed by atoms with Crippen molar-refractivity contribution in [1.82, 2.24) is 4.90 Å². The quantitative estimate of drug-likeness (QED) is 0.671. The molecule has 1 heterocycles. The van der Waals surface area contributed by atoms with E-state index in [0.717, 1.165) is 9.80 Å². The first-order chi connectivity index (χ1) is 11.5. The third-order valence-corrected chi connectivity index (χ3v) is 5.08. The zero-order valence-electron chi connectivity index (χ0n) is 12.7. The minimum atomic E-state index is -0.364. The number of anilines is 1. The van der Waals surface area contributed by atoms with Crippen LogP contribution < -0.4 is 5.32 Å². The van der Waals surface area contributed by atoms with Crippen molar-refractivity contribution in [2.75, 3.05) is 18.1 Å². The van der Waals surface area contributed by atoms with E-state index < -0.39 is 0 Å². The molecular formula is C17H13ClN2O3S. The van der Waals surface area contributed by atoms with E-state index in [1.807, 2.05) is 18.2 Å². The fraction of sp³-hybridized carbons (Fsp3) is 0.118. The molecule has 122 valence electrons. The number of nitrogens with zero attached hydrogens (tertiary/aromatic N) is 1. The predicted octanol–water partition coefficient (Wildman–Crippen LogP) is 3.30. The molecule has 0 saturated heterocycles. The normalized spacial score (nSPS) is 13.2. The Kier molecular flexibility index (Phi) is 4.59. The average Bonchev–Trinajstić information content (AvgIpc) is 2.78. The Morgan fingerprint density at radius 3 is 2.58 bits per heavy atom. The van der Waals surface area contributed by atoms with Gasteiger partial charge in [0.1, 0.15) is 0 Å². The van der Waals surface area contributed by atoms with Crippen molar-refractivity contribution in [3.63, 3.8) is 0 Å². The van der Waals surface area contributed by atoms with Gasteiger partial charge in [-0.25, -0.2) is 0 Å². The number of hydrogen-bond acceptors (Lipinski definition) is 4. The zero-order valence-corrected chi connectivity index (χ0v) is 14.3. The molecule has 1 aliphatic heterocycles. The van der Waals surface area contributed by atoms with Gasteiger partial charge in [-0.2, -0.15) is 0 Å². The summed E-state index contributed by atoms with van der Waals surface area (Å²) in [6.45, 7) is 0. The fourth-order valence-corrected chi connectivity index (χ4v) is 3.38. The number of carbonyl (C=O) groups is 3. The Morgan fingerprint density at radius 2 is 1.83 bits per heavy atom. The molecule has 2 aromatic carbocycles. The molecule has 5 nitrogen and oxygen atoms in total. The average molecular weight is 361 g/mol. The Bertz CT molecular complexity index is 853. The summed E-state index contributed by atoms with van der Waals surface area (Å²) in [7, 11) is 1.43. The summed E-state index contributed by atoms with van der Waals surface area (Å²) in [6, 6.07) is 12.0. The van der Waals surface area contributed by atoms with Gasteiger partial charge in [-0.1, -0.05) is 23.7 Å². The largest absolute Gasteiger partial charge is 0.325 e. The molecule has 24 heavy (non-hydrogen) atoms. The van der Waals surface area contributed by atoms with E-state index in [4.69, 9.17) is 11.6 Å². The van der Waals surface area contributed by atoms with Crippen molar-refractivity contribution in [1.29, 1.82) is 0 Å². The molecule has 0 unspecified atom stereocenters. The van der Waals surface area contributed by atoms with Crippen LogP contribution in [0.4, 0.5) is 5.69 Å². The SMILES string of the molecule is CN1C(=O)c2ccc(NC(=O)CSc3ccccc3Cl)cc2C1=O. The van der Waals surface area contributed by atoms with Crippen molar-refractivity contribution >= 4 is 46.8 Å². The first-order valence-corrected chi connectivity index (χ1v) is 8.47. The number of thioether (sulfide) groups is 1. The molecular weight excluding hydrogens is 348 g/mol. The lowest BCUT2D eigenvalue weighted by Crippen LogP contribution is -2.24. The van der Waals surface area contributed by atoms with Crippen LogP contribution in [0.3, 0.4) is 0 Å². The van der Waals surface area contributed by atoms with E-state index in [0.29, 0.717) is 21.8 Å². The molecule has 0 aromatic heterocycles. The lowest BCUT2D eigenvalue weighted by Gasteiger charge is -2.07. The summed E-state index contributed by atoms with van der Waals surface area (Å²) < 4.78 is 0. The van der Waals surface area contributed by atoms with Crippen molar-refractivity contribution in [2.45, 2.75) is 4.90 Å². The van der Waals surface area contributed by atoms with Crippen molar-refractivity contribution < 1.29 is 14.4 Å². The van der Waals surface area contributed by atoms with E-state index in [2.05, 4.69) is 5.32 Å². The number of nitrogens with one attached hydrogen (secondary N) is 1. The number of amides is 3. The molecule has 7 heteroatoms. The summed E-state index contributed by atoms with van der Waals surface area (Å²) in [5.41, 5.74) is 1.14. The molecule has 0 atom stereocenters. The molecule has 3 amide bonds. The van der Waals surface area contributed by atoms with Gasteiger partial charge in [-0.05, 0) is 30.3 Å². The standard InChI is InChI=1S/C17H13ClN2O3S/c1-20-16(22)11-7-6-10(8-12(11)17(20)23)19-15(21)9-24-14-5-3-2-4-13(14)18/h2-8H,9H2,1H3,(H,19,21). The lowest BCUT2D eigenvalue weighted by molar-refractivity contribution is -0.113. The summed E-state index contributed by atoms with van der Waals surface area (Å²) in [5, 5.41) is 3.32. The lowest BCUT2D eigenvalue weighted by atomic mass is 10.1. The second-order valence-corrected chi connectivity index (χ2v) is 6.62. The van der Waals surface area contributed by atoms with Crippen LogP contribution in [0.2, 0.25) is 5.02 Å². The third kappa shape index (κ3) is 3.16. The van der Waals surface area contributed by atoms with E-state index in [-0.39, 0.29) is 23.5 Å². The second-order valence-electron chi connectivity index (χ2n) is 5.20. The van der Waals surface area contributed by atoms with Gasteiger partial charge in [0.05, 0.1) is 21.9 Å². The van der Waals surface area contributed by atoms with Crippen LogP contribution in [0.25, 0.3) is 0 Å². The number of halogens is 1. The third-order valence-electron chi connectivity index (χ3n) is 3.57. The van der Waals surface area contributed by atoms with Gasteiger partial charge in [0.25, 0.3) is 11.8 Å². The van der Waals surface area contributed by atoms with Crippen molar-refractivity contribution in [2.24, 2.45) is 0 Å². The van der Waals surface area contributed by atoms with Crippen LogP contribution in [0.1, 0.15) is 20.7 Å². The highest BCUT2D eigenvalue weighted by Gasteiger charge is 2.32. The van der Waals surface area contributed by atoms with Crippen LogP contribution in [0.15, 0.2) is 47.4 Å². The maximum absolute atomic E-state index is 12.1. The number of benzene rings is 2. The summed E-state index contributed by atoms with van der Waals surface area (Å²) in [6.07, 6.45) is 0. The van der Waals surface area contributed by atoms with Gasteiger partial charge >= 0.3 is 0 Å². The highest BCUT2D eigenvalue weighted by molar-refractivity contribution is 8.00. The first-order valence-electron chi connectivity index (χ1n) is 7.11. The van der Waals surface area contributed by atoms with Gasteiger partial charge in [-0.15, -0.1) is 11.8 Å². The topological polar surface area (TPSA) is 66.5 Å². The number of carbonyl (C=O) groups excluding carboxylic acids is 3. The highest BCUT2D eigenvalue weighted by atomic mass is 35.5. The summed E-state index contributed by atoms with van der Waals surface area (Å²) >= 11 is 7.38. The zero-order chi connectivity index (χ0) is 17.3. The van der Waals surface area contributed by atoms with Gasteiger partial charge in [-0.3, -0.25) is 19.3 Å². The molecule has 0 radical (unpaired) electrons. The molecule has 1 aliphatic rings. The summed E-state index contributed by atoms with van der Waals surface area (Å²) in [5.74, 6) is -0.725. The van der Waals surface area contributed by atoms with Crippen LogP contribution in [-0.4, -0.2) is 35.4 Å². The van der Waals surface area contributed by atoms with Gasteiger partial charge in [0.2, 0.25) is 5.91 Å². The van der Waals surface area contributed by atoms with E-state index in [1.54, 1.807) is 18.2 Å². The smallest absolute Gasteiger partial charge is 0.261 e. The maximum Gasteiger partial charge on any atom is 0.261 e. The van der Waals surface area contributed by atoms with Crippen LogP contribution in [0, 0.1) is 0 Å². The molecule has 3 rings (SSSR count). The first kappa shape index (κ1) is 16.5. The molecule has 0 spiro atoms. The van der Waals surface area contributed by atoms with E-state index in [1.165, 1.54) is 24.9 Å². The van der Waals surface area contributed by atoms with Crippen LogP contribution in [0.5, 0.6) is 0 Å². The van der Waals surface area contributed by atoms with Gasteiger partial charge < -0.3 is 5.32 Å². The molecule has 1 N–H and O–H groups in total. The Balaban J connectivity index is 1.67. The number of imide groups is 1. The number of hydrogen-bond donors (Lipinski definition) is 1. The molecule has 2 aromatic rings. The van der Waals surface area contributed by atoms with Crippen molar-refractivity contribution in [3.05, 3.63) is 58.6 Å².